The predicted molar refractivity (Wildman–Crippen MR) is 96.6 cm³/mol. The number of aromatic nitrogens is 3. The fourth-order valence-corrected chi connectivity index (χ4v) is 4.03. The smallest absolute Gasteiger partial charge is 0.292 e. The van der Waals surface area contributed by atoms with Crippen molar-refractivity contribution in [1.29, 1.82) is 0 Å². The zero-order valence-corrected chi connectivity index (χ0v) is 15.6. The van der Waals surface area contributed by atoms with Crippen LogP contribution in [0.5, 0.6) is 0 Å². The number of carbonyl (C=O) groups is 1. The van der Waals surface area contributed by atoms with Gasteiger partial charge in [-0.05, 0) is 51.3 Å². The van der Waals surface area contributed by atoms with Crippen molar-refractivity contribution in [2.75, 3.05) is 19.6 Å². The minimum atomic E-state index is -0.0648. The summed E-state index contributed by atoms with van der Waals surface area (Å²) >= 11 is 0. The Kier molecular flexibility index (Phi) is 4.80. The number of carbonyl (C=O) groups excluding carboxylic acids is 1. The van der Waals surface area contributed by atoms with E-state index in [1.165, 1.54) is 19.2 Å². The lowest BCUT2D eigenvalue weighted by molar-refractivity contribution is 0.0544. The van der Waals surface area contributed by atoms with Crippen molar-refractivity contribution in [3.63, 3.8) is 0 Å². The molecule has 0 N–H and O–H groups in total. The molecule has 0 spiro atoms. The molecule has 0 radical (unpaired) electrons. The number of hydrogen-bond donors (Lipinski definition) is 0. The number of rotatable bonds is 3. The Bertz CT molecular complexity index is 760. The quantitative estimate of drug-likeness (QED) is 0.843. The molecule has 0 aromatic carbocycles. The van der Waals surface area contributed by atoms with Gasteiger partial charge in [0.15, 0.2) is 6.39 Å². The van der Waals surface area contributed by atoms with Crippen LogP contribution in [0.2, 0.25) is 0 Å². The number of piperidine rings is 1. The summed E-state index contributed by atoms with van der Waals surface area (Å²) in [6.45, 7) is 8.70. The molecule has 1 fully saturated rings. The van der Waals surface area contributed by atoms with Gasteiger partial charge in [-0.2, -0.15) is 5.10 Å². The van der Waals surface area contributed by atoms with E-state index < -0.39 is 0 Å². The molecule has 7 heteroatoms. The number of aryl methyl sites for hydroxylation is 2. The van der Waals surface area contributed by atoms with Crippen LogP contribution >= 0.6 is 0 Å². The molecule has 0 bridgehead atoms. The van der Waals surface area contributed by atoms with Gasteiger partial charge in [0.2, 0.25) is 5.76 Å². The molecule has 2 aromatic rings. The molecule has 2 aliphatic heterocycles. The summed E-state index contributed by atoms with van der Waals surface area (Å²) in [7, 11) is 0. The van der Waals surface area contributed by atoms with Crippen LogP contribution in [0.3, 0.4) is 0 Å². The monoisotopic (exact) mass is 357 g/mol. The summed E-state index contributed by atoms with van der Waals surface area (Å²) in [6.07, 6.45) is 6.54. The number of oxazole rings is 1. The molecule has 2 aliphatic rings. The van der Waals surface area contributed by atoms with Crippen molar-refractivity contribution >= 4 is 5.91 Å². The molecule has 1 atom stereocenters. The minimum absolute atomic E-state index is 0.0648. The first-order chi connectivity index (χ1) is 12.6. The lowest BCUT2D eigenvalue weighted by Gasteiger charge is -2.36. The zero-order valence-electron chi connectivity index (χ0n) is 15.6. The van der Waals surface area contributed by atoms with Gasteiger partial charge < -0.3 is 14.2 Å². The van der Waals surface area contributed by atoms with Crippen molar-refractivity contribution in [1.82, 2.24) is 24.6 Å². The van der Waals surface area contributed by atoms with Crippen LogP contribution in [0.4, 0.5) is 0 Å². The molecule has 1 amide bonds. The normalized spacial score (nSPS) is 22.2. The number of fused-ring (bicyclic) bond motifs is 1. The molecule has 0 unspecified atom stereocenters. The third-order valence-electron chi connectivity index (χ3n) is 5.80. The highest BCUT2D eigenvalue weighted by atomic mass is 16.3. The number of amides is 1. The summed E-state index contributed by atoms with van der Waals surface area (Å²) in [5.41, 5.74) is 1.73. The van der Waals surface area contributed by atoms with Crippen LogP contribution in [-0.2, 0) is 13.1 Å². The molecule has 2 aromatic heterocycles. The third-order valence-corrected chi connectivity index (χ3v) is 5.80. The highest BCUT2D eigenvalue weighted by Crippen LogP contribution is 2.24. The van der Waals surface area contributed by atoms with Gasteiger partial charge in [-0.3, -0.25) is 9.48 Å². The van der Waals surface area contributed by atoms with Crippen molar-refractivity contribution in [3.8, 4) is 0 Å². The summed E-state index contributed by atoms with van der Waals surface area (Å²) in [4.78, 5) is 21.8. The molecular formula is C19H27N5O2. The molecule has 4 heterocycles. The van der Waals surface area contributed by atoms with Gasteiger partial charge in [0, 0.05) is 25.3 Å². The molecular weight excluding hydrogens is 330 g/mol. The maximum absolute atomic E-state index is 13.2. The van der Waals surface area contributed by atoms with Crippen LogP contribution < -0.4 is 0 Å². The Morgan fingerprint density at radius 1 is 1.27 bits per heavy atom. The number of hydrogen-bond acceptors (Lipinski definition) is 5. The van der Waals surface area contributed by atoms with Gasteiger partial charge in [-0.1, -0.05) is 6.92 Å². The first kappa shape index (κ1) is 17.3. The van der Waals surface area contributed by atoms with Gasteiger partial charge in [0.05, 0.1) is 17.9 Å². The standard InChI is InChI=1S/C19H27N5O2/c1-14-4-8-22(9-5-14)11-16-6-10-24-17(3-7-21-24)12-23(16)19(25)18-15(2)20-13-26-18/h3,7,13-14,16H,4-6,8-12H2,1-2H3/t16-/m1/s1. The number of nitrogens with zero attached hydrogens (tertiary/aromatic N) is 5. The van der Waals surface area contributed by atoms with E-state index in [9.17, 15) is 4.79 Å². The van der Waals surface area contributed by atoms with Gasteiger partial charge in [-0.15, -0.1) is 0 Å². The fraction of sp³-hybridized carbons (Fsp3) is 0.632. The second kappa shape index (κ2) is 7.23. The molecule has 0 saturated carbocycles. The fourth-order valence-electron chi connectivity index (χ4n) is 4.03. The molecule has 0 aliphatic carbocycles. The molecule has 140 valence electrons. The SMILES string of the molecule is Cc1ncoc1C(=O)N1Cc2ccnn2CC[C@@H]1CN1CCC(C)CC1. The van der Waals surface area contributed by atoms with E-state index >= 15 is 0 Å². The van der Waals surface area contributed by atoms with E-state index in [2.05, 4.69) is 21.9 Å². The van der Waals surface area contributed by atoms with Crippen LogP contribution in [0.15, 0.2) is 23.1 Å². The van der Waals surface area contributed by atoms with E-state index in [4.69, 9.17) is 4.42 Å². The van der Waals surface area contributed by atoms with E-state index in [1.54, 1.807) is 0 Å². The summed E-state index contributed by atoms with van der Waals surface area (Å²) in [5, 5.41) is 4.41. The number of likely N-dealkylation sites (tertiary alicyclic amines) is 1. The van der Waals surface area contributed by atoms with Crippen LogP contribution in [0.1, 0.15) is 48.1 Å². The predicted octanol–water partition coefficient (Wildman–Crippen LogP) is 2.33. The lowest BCUT2D eigenvalue weighted by Crippen LogP contribution is -2.48. The minimum Gasteiger partial charge on any atom is -0.438 e. The van der Waals surface area contributed by atoms with E-state index in [1.807, 2.05) is 28.8 Å². The van der Waals surface area contributed by atoms with E-state index in [0.717, 1.165) is 44.2 Å². The largest absolute Gasteiger partial charge is 0.438 e. The maximum atomic E-state index is 13.2. The van der Waals surface area contributed by atoms with E-state index in [-0.39, 0.29) is 11.9 Å². The van der Waals surface area contributed by atoms with Crippen molar-refractivity contribution < 1.29 is 9.21 Å². The first-order valence-corrected chi connectivity index (χ1v) is 9.56. The lowest BCUT2D eigenvalue weighted by atomic mass is 9.98. The molecule has 1 saturated heterocycles. The Morgan fingerprint density at radius 3 is 2.81 bits per heavy atom. The summed E-state index contributed by atoms with van der Waals surface area (Å²) in [6, 6.07) is 2.15. The molecule has 26 heavy (non-hydrogen) atoms. The average Bonchev–Trinajstić information content (AvgIpc) is 3.23. The van der Waals surface area contributed by atoms with Crippen molar-refractivity contribution in [2.45, 2.75) is 52.2 Å². The zero-order chi connectivity index (χ0) is 18.1. The first-order valence-electron chi connectivity index (χ1n) is 9.56. The van der Waals surface area contributed by atoms with Gasteiger partial charge in [0.25, 0.3) is 5.91 Å². The summed E-state index contributed by atoms with van der Waals surface area (Å²) in [5.74, 6) is 1.10. The van der Waals surface area contributed by atoms with Crippen LogP contribution in [0, 0.1) is 12.8 Å². The molecule has 4 rings (SSSR count). The van der Waals surface area contributed by atoms with Crippen molar-refractivity contribution in [2.24, 2.45) is 5.92 Å². The topological polar surface area (TPSA) is 67.4 Å². The van der Waals surface area contributed by atoms with Crippen LogP contribution in [-0.4, -0.2) is 56.1 Å². The second-order valence-corrected chi connectivity index (χ2v) is 7.67. The Morgan fingerprint density at radius 2 is 2.08 bits per heavy atom. The van der Waals surface area contributed by atoms with Gasteiger partial charge in [-0.25, -0.2) is 4.98 Å². The highest BCUT2D eigenvalue weighted by Gasteiger charge is 2.33. The second-order valence-electron chi connectivity index (χ2n) is 7.67. The third kappa shape index (κ3) is 3.40. The van der Waals surface area contributed by atoms with Gasteiger partial charge >= 0.3 is 0 Å². The maximum Gasteiger partial charge on any atom is 0.292 e. The van der Waals surface area contributed by atoms with Gasteiger partial charge in [0.1, 0.15) is 0 Å². The van der Waals surface area contributed by atoms with Crippen molar-refractivity contribution in [3.05, 3.63) is 35.8 Å². The van der Waals surface area contributed by atoms with E-state index in [0.29, 0.717) is 18.0 Å². The summed E-state index contributed by atoms with van der Waals surface area (Å²) < 4.78 is 7.42. The Labute approximate surface area is 154 Å². The highest BCUT2D eigenvalue weighted by molar-refractivity contribution is 5.92. The van der Waals surface area contributed by atoms with Crippen LogP contribution in [0.25, 0.3) is 0 Å². The Balaban J connectivity index is 1.56. The average molecular weight is 357 g/mol. The Hall–Kier alpha value is -2.15. The molecule has 7 nitrogen and oxygen atoms in total.